The number of carbonyl (C=O) groups excluding carboxylic acids is 1. The van der Waals surface area contributed by atoms with Gasteiger partial charge in [0.25, 0.3) is 11.6 Å². The number of aromatic nitrogens is 2. The average Bonchev–Trinajstić information content (AvgIpc) is 3.17. The predicted molar refractivity (Wildman–Crippen MR) is 109 cm³/mol. The SMILES string of the molecule is Cc1ccc(NC(=O)c2ccn(COc3ccc(C(C)C)cc3)n2)c([N+](=O)[O-])c1. The van der Waals surface area contributed by atoms with Crippen molar-refractivity contribution in [2.75, 3.05) is 5.32 Å². The van der Waals surface area contributed by atoms with Crippen LogP contribution in [0.5, 0.6) is 5.75 Å². The molecule has 0 fully saturated rings. The van der Waals surface area contributed by atoms with Crippen molar-refractivity contribution in [3.8, 4) is 5.75 Å². The molecule has 1 N–H and O–H groups in total. The van der Waals surface area contributed by atoms with E-state index in [4.69, 9.17) is 4.74 Å². The lowest BCUT2D eigenvalue weighted by atomic mass is 10.0. The van der Waals surface area contributed by atoms with Crippen LogP contribution in [0.3, 0.4) is 0 Å². The zero-order valence-corrected chi connectivity index (χ0v) is 16.5. The molecule has 8 nitrogen and oxygen atoms in total. The summed E-state index contributed by atoms with van der Waals surface area (Å²) in [4.78, 5) is 23.1. The van der Waals surface area contributed by atoms with E-state index < -0.39 is 10.8 Å². The van der Waals surface area contributed by atoms with Gasteiger partial charge in [-0.1, -0.05) is 32.0 Å². The monoisotopic (exact) mass is 394 g/mol. The van der Waals surface area contributed by atoms with E-state index in [2.05, 4.69) is 24.3 Å². The minimum atomic E-state index is -0.531. The van der Waals surface area contributed by atoms with E-state index in [9.17, 15) is 14.9 Å². The minimum absolute atomic E-state index is 0.127. The molecule has 0 aliphatic heterocycles. The summed E-state index contributed by atoms with van der Waals surface area (Å²) in [5.74, 6) is 0.615. The molecule has 1 heterocycles. The molecule has 0 unspecified atom stereocenters. The number of ether oxygens (including phenoxy) is 1. The van der Waals surface area contributed by atoms with Gasteiger partial charge in [-0.25, -0.2) is 4.68 Å². The Balaban J connectivity index is 1.64. The van der Waals surface area contributed by atoms with Crippen molar-refractivity contribution in [3.05, 3.63) is 81.7 Å². The molecule has 29 heavy (non-hydrogen) atoms. The Morgan fingerprint density at radius 3 is 2.59 bits per heavy atom. The molecule has 3 aromatic rings. The van der Waals surface area contributed by atoms with E-state index in [-0.39, 0.29) is 23.8 Å². The Bertz CT molecular complexity index is 1030. The summed E-state index contributed by atoms with van der Waals surface area (Å²) in [7, 11) is 0. The number of nitro groups is 1. The summed E-state index contributed by atoms with van der Waals surface area (Å²) < 4.78 is 7.16. The fraction of sp³-hybridized carbons (Fsp3) is 0.238. The third kappa shape index (κ3) is 4.98. The maximum Gasteiger partial charge on any atom is 0.293 e. The number of rotatable bonds is 7. The number of nitrogens with one attached hydrogen (secondary N) is 1. The van der Waals surface area contributed by atoms with Crippen LogP contribution in [0.2, 0.25) is 0 Å². The Morgan fingerprint density at radius 1 is 1.21 bits per heavy atom. The van der Waals surface area contributed by atoms with Gasteiger partial charge in [0, 0.05) is 12.3 Å². The quantitative estimate of drug-likeness (QED) is 0.469. The molecular weight excluding hydrogens is 372 g/mol. The summed E-state index contributed by atoms with van der Waals surface area (Å²) in [6, 6.07) is 13.9. The topological polar surface area (TPSA) is 99.3 Å². The number of amides is 1. The molecule has 0 aliphatic carbocycles. The summed E-state index contributed by atoms with van der Waals surface area (Å²) in [5, 5.41) is 17.9. The summed E-state index contributed by atoms with van der Waals surface area (Å²) in [5.41, 5.74) is 2.06. The van der Waals surface area contributed by atoms with Crippen LogP contribution in [0.4, 0.5) is 11.4 Å². The lowest BCUT2D eigenvalue weighted by Crippen LogP contribution is -2.15. The molecule has 2 aromatic carbocycles. The van der Waals surface area contributed by atoms with Crippen molar-refractivity contribution in [1.29, 1.82) is 0 Å². The number of hydrogen-bond acceptors (Lipinski definition) is 5. The first-order valence-electron chi connectivity index (χ1n) is 9.16. The van der Waals surface area contributed by atoms with Crippen molar-refractivity contribution in [1.82, 2.24) is 9.78 Å². The number of hydrogen-bond donors (Lipinski definition) is 1. The van der Waals surface area contributed by atoms with Gasteiger partial charge in [0.15, 0.2) is 12.4 Å². The smallest absolute Gasteiger partial charge is 0.293 e. The van der Waals surface area contributed by atoms with E-state index in [0.29, 0.717) is 11.7 Å². The van der Waals surface area contributed by atoms with Crippen LogP contribution in [0.15, 0.2) is 54.7 Å². The lowest BCUT2D eigenvalue weighted by Gasteiger charge is -2.09. The molecule has 3 rings (SSSR count). The molecule has 0 spiro atoms. The molecule has 0 atom stereocenters. The second-order valence-corrected chi connectivity index (χ2v) is 6.97. The van der Waals surface area contributed by atoms with Gasteiger partial charge >= 0.3 is 0 Å². The first kappa shape index (κ1) is 20.1. The van der Waals surface area contributed by atoms with Crippen LogP contribution in [0, 0.1) is 17.0 Å². The number of carbonyl (C=O) groups is 1. The van der Waals surface area contributed by atoms with Gasteiger partial charge in [-0.3, -0.25) is 14.9 Å². The standard InChI is InChI=1S/C21H22N4O4/c1-14(2)16-5-7-17(8-6-16)29-13-24-11-10-19(23-24)21(26)22-18-9-4-15(3)12-20(18)25(27)28/h4-12,14H,13H2,1-3H3,(H,22,26). The van der Waals surface area contributed by atoms with Gasteiger partial charge in [-0.2, -0.15) is 5.10 Å². The molecule has 150 valence electrons. The van der Waals surface area contributed by atoms with Gasteiger partial charge in [-0.15, -0.1) is 0 Å². The number of aryl methyl sites for hydroxylation is 1. The molecule has 1 aromatic heterocycles. The maximum atomic E-state index is 12.4. The van der Waals surface area contributed by atoms with E-state index in [1.807, 2.05) is 24.3 Å². The maximum absolute atomic E-state index is 12.4. The van der Waals surface area contributed by atoms with E-state index in [0.717, 1.165) is 5.56 Å². The van der Waals surface area contributed by atoms with Crippen LogP contribution in [0.25, 0.3) is 0 Å². The van der Waals surface area contributed by atoms with Crippen molar-refractivity contribution in [3.63, 3.8) is 0 Å². The highest BCUT2D eigenvalue weighted by Crippen LogP contribution is 2.25. The highest BCUT2D eigenvalue weighted by molar-refractivity contribution is 6.04. The van der Waals surface area contributed by atoms with Crippen molar-refractivity contribution in [2.45, 2.75) is 33.4 Å². The molecular formula is C21H22N4O4. The molecule has 1 amide bonds. The van der Waals surface area contributed by atoms with Crippen LogP contribution in [-0.4, -0.2) is 20.6 Å². The fourth-order valence-corrected chi connectivity index (χ4v) is 2.73. The van der Waals surface area contributed by atoms with E-state index in [1.54, 1.807) is 19.2 Å². The van der Waals surface area contributed by atoms with Crippen molar-refractivity contribution in [2.24, 2.45) is 0 Å². The summed E-state index contributed by atoms with van der Waals surface area (Å²) >= 11 is 0. The fourth-order valence-electron chi connectivity index (χ4n) is 2.73. The third-order valence-corrected chi connectivity index (χ3v) is 4.38. The Labute approximate surface area is 168 Å². The van der Waals surface area contributed by atoms with Crippen LogP contribution >= 0.6 is 0 Å². The second-order valence-electron chi connectivity index (χ2n) is 6.97. The zero-order valence-electron chi connectivity index (χ0n) is 16.5. The average molecular weight is 394 g/mol. The first-order valence-corrected chi connectivity index (χ1v) is 9.16. The van der Waals surface area contributed by atoms with Gasteiger partial charge < -0.3 is 10.1 Å². The van der Waals surface area contributed by atoms with Crippen molar-refractivity contribution < 1.29 is 14.5 Å². The summed E-state index contributed by atoms with van der Waals surface area (Å²) in [6.07, 6.45) is 1.61. The highest BCUT2D eigenvalue weighted by Gasteiger charge is 2.18. The Hall–Kier alpha value is -3.68. The van der Waals surface area contributed by atoms with Crippen LogP contribution < -0.4 is 10.1 Å². The van der Waals surface area contributed by atoms with Gasteiger partial charge in [0.2, 0.25) is 0 Å². The zero-order chi connectivity index (χ0) is 21.0. The number of benzene rings is 2. The minimum Gasteiger partial charge on any atom is -0.471 e. The number of anilines is 1. The van der Waals surface area contributed by atoms with Gasteiger partial charge in [-0.05, 0) is 48.2 Å². The lowest BCUT2D eigenvalue weighted by molar-refractivity contribution is -0.384. The number of nitro benzene ring substituents is 1. The molecule has 0 aliphatic rings. The Morgan fingerprint density at radius 2 is 1.93 bits per heavy atom. The highest BCUT2D eigenvalue weighted by atomic mass is 16.6. The molecule has 0 radical (unpaired) electrons. The van der Waals surface area contributed by atoms with Gasteiger partial charge in [0.1, 0.15) is 11.4 Å². The number of nitrogens with zero attached hydrogens (tertiary/aromatic N) is 3. The molecule has 0 bridgehead atoms. The van der Waals surface area contributed by atoms with Crippen LogP contribution in [-0.2, 0) is 6.73 Å². The normalized spacial score (nSPS) is 10.8. The van der Waals surface area contributed by atoms with Gasteiger partial charge in [0.05, 0.1) is 4.92 Å². The van der Waals surface area contributed by atoms with E-state index >= 15 is 0 Å². The second kappa shape index (κ2) is 8.55. The first-order chi connectivity index (χ1) is 13.8. The molecule has 0 saturated heterocycles. The van der Waals surface area contributed by atoms with Crippen LogP contribution in [0.1, 0.15) is 41.4 Å². The molecule has 8 heteroatoms. The third-order valence-electron chi connectivity index (χ3n) is 4.38. The summed E-state index contributed by atoms with van der Waals surface area (Å²) in [6.45, 7) is 6.13. The molecule has 0 saturated carbocycles. The predicted octanol–water partition coefficient (Wildman–Crippen LogP) is 4.51. The Kier molecular flexibility index (Phi) is 5.92. The van der Waals surface area contributed by atoms with E-state index in [1.165, 1.54) is 28.4 Å². The largest absolute Gasteiger partial charge is 0.471 e. The van der Waals surface area contributed by atoms with Crippen molar-refractivity contribution >= 4 is 17.3 Å².